The van der Waals surface area contributed by atoms with Gasteiger partial charge in [-0.15, -0.1) is 6.42 Å². The van der Waals surface area contributed by atoms with Crippen molar-refractivity contribution in [1.82, 2.24) is 0 Å². The molecule has 4 N–H and O–H groups in total. The normalized spacial score (nSPS) is 9.65. The first-order valence-corrected chi connectivity index (χ1v) is 6.40. The molecule has 0 bridgehead atoms. The van der Waals surface area contributed by atoms with Crippen LogP contribution in [-0.2, 0) is 17.6 Å². The lowest BCUT2D eigenvalue weighted by molar-refractivity contribution is -0.132. The van der Waals surface area contributed by atoms with Crippen molar-refractivity contribution in [2.75, 3.05) is 6.54 Å². The van der Waals surface area contributed by atoms with Crippen molar-refractivity contribution in [3.8, 4) is 18.1 Å². The van der Waals surface area contributed by atoms with E-state index in [1.807, 2.05) is 26.0 Å². The molecule has 0 saturated heterocycles. The van der Waals surface area contributed by atoms with Crippen molar-refractivity contribution in [1.29, 1.82) is 0 Å². The van der Waals surface area contributed by atoms with Crippen LogP contribution in [0.5, 0.6) is 5.75 Å². The predicted octanol–water partition coefficient (Wildman–Crippen LogP) is 0.972. The highest BCUT2D eigenvalue weighted by atomic mass is 16.5. The average Bonchev–Trinajstić information content (AvgIpc) is 2.45. The van der Waals surface area contributed by atoms with Gasteiger partial charge >= 0.3 is 5.97 Å². The molecule has 0 saturated carbocycles. The van der Waals surface area contributed by atoms with Crippen LogP contribution in [0.25, 0.3) is 0 Å². The summed E-state index contributed by atoms with van der Waals surface area (Å²) in [6, 6.07) is 3.70. The molecule has 0 atom stereocenters. The lowest BCUT2D eigenvalue weighted by Gasteiger charge is -2.13. The third-order valence-corrected chi connectivity index (χ3v) is 2.78. The molecule has 0 radical (unpaired) electrons. The number of guanidine groups is 1. The van der Waals surface area contributed by atoms with Crippen molar-refractivity contribution >= 4 is 11.9 Å². The molecule has 0 aromatic heterocycles. The zero-order chi connectivity index (χ0) is 15.1. The van der Waals surface area contributed by atoms with Crippen LogP contribution in [0.1, 0.15) is 30.5 Å². The highest BCUT2D eigenvalue weighted by molar-refractivity contribution is 5.81. The Morgan fingerprint density at radius 3 is 2.25 bits per heavy atom. The Labute approximate surface area is 119 Å². The van der Waals surface area contributed by atoms with E-state index in [-0.39, 0.29) is 12.5 Å². The summed E-state index contributed by atoms with van der Waals surface area (Å²) in [7, 11) is 0. The molecule has 0 aliphatic heterocycles. The lowest BCUT2D eigenvalue weighted by Crippen LogP contribution is -2.25. The number of aryl methyl sites for hydroxylation is 2. The van der Waals surface area contributed by atoms with Crippen molar-refractivity contribution in [3.63, 3.8) is 0 Å². The molecule has 0 aliphatic carbocycles. The van der Waals surface area contributed by atoms with Gasteiger partial charge in [0.1, 0.15) is 12.3 Å². The number of ether oxygens (including phenoxy) is 1. The van der Waals surface area contributed by atoms with Crippen LogP contribution < -0.4 is 16.2 Å². The number of carbonyl (C=O) groups is 1. The maximum atomic E-state index is 11.7. The largest absolute Gasteiger partial charge is 0.425 e. The molecule has 0 heterocycles. The smallest absolute Gasteiger partial charge is 0.333 e. The standard InChI is InChI=1S/C15H19N3O2/c1-4-10-7-11(5-2)14(12(6-3)8-10)20-13(19)9-18-15(16)17/h1,7-8H,5-6,9H2,2-3H3,(H4,16,17,18). The van der Waals surface area contributed by atoms with E-state index in [2.05, 4.69) is 10.9 Å². The first-order valence-electron chi connectivity index (χ1n) is 6.40. The number of nitrogens with zero attached hydrogens (tertiary/aromatic N) is 1. The van der Waals surface area contributed by atoms with E-state index in [1.165, 1.54) is 0 Å². The SMILES string of the molecule is C#Cc1cc(CC)c(OC(=O)CN=C(N)N)c(CC)c1. The van der Waals surface area contributed by atoms with Crippen LogP contribution in [0, 0.1) is 12.3 Å². The van der Waals surface area contributed by atoms with E-state index in [9.17, 15) is 4.79 Å². The van der Waals surface area contributed by atoms with Crippen LogP contribution in [0.15, 0.2) is 17.1 Å². The quantitative estimate of drug-likeness (QED) is 0.275. The van der Waals surface area contributed by atoms with E-state index < -0.39 is 5.97 Å². The third kappa shape index (κ3) is 4.02. The molecule has 20 heavy (non-hydrogen) atoms. The topological polar surface area (TPSA) is 90.7 Å². The molecule has 0 amide bonds. The zero-order valence-electron chi connectivity index (χ0n) is 11.8. The van der Waals surface area contributed by atoms with Gasteiger partial charge in [0.25, 0.3) is 0 Å². The number of nitrogens with two attached hydrogens (primary N) is 2. The van der Waals surface area contributed by atoms with Crippen LogP contribution >= 0.6 is 0 Å². The van der Waals surface area contributed by atoms with E-state index in [1.54, 1.807) is 0 Å². The minimum atomic E-state index is -0.503. The Kier molecular flexibility index (Phi) is 5.60. The maximum Gasteiger partial charge on any atom is 0.333 e. The highest BCUT2D eigenvalue weighted by Crippen LogP contribution is 2.27. The van der Waals surface area contributed by atoms with Crippen LogP contribution in [-0.4, -0.2) is 18.5 Å². The Bertz CT molecular complexity index is 542. The van der Waals surface area contributed by atoms with Crippen molar-refractivity contribution in [2.24, 2.45) is 16.5 Å². The van der Waals surface area contributed by atoms with Crippen LogP contribution in [0.4, 0.5) is 0 Å². The van der Waals surface area contributed by atoms with Gasteiger partial charge in [0.15, 0.2) is 5.96 Å². The average molecular weight is 273 g/mol. The summed E-state index contributed by atoms with van der Waals surface area (Å²) in [5.74, 6) is 2.52. The van der Waals surface area contributed by atoms with Gasteiger partial charge in [0.2, 0.25) is 0 Å². The fraction of sp³-hybridized carbons (Fsp3) is 0.333. The molecule has 1 aromatic rings. The highest BCUT2D eigenvalue weighted by Gasteiger charge is 2.13. The fourth-order valence-corrected chi connectivity index (χ4v) is 1.80. The van der Waals surface area contributed by atoms with Crippen molar-refractivity contribution < 1.29 is 9.53 Å². The van der Waals surface area contributed by atoms with Gasteiger partial charge < -0.3 is 16.2 Å². The molecule has 1 aromatic carbocycles. The minimum absolute atomic E-state index is 0.143. The number of esters is 1. The first kappa shape index (κ1) is 15.6. The van der Waals surface area contributed by atoms with Gasteiger partial charge in [-0.25, -0.2) is 9.79 Å². The van der Waals surface area contributed by atoms with E-state index in [0.717, 1.165) is 16.7 Å². The number of terminal acetylenes is 1. The zero-order valence-corrected chi connectivity index (χ0v) is 11.8. The Morgan fingerprint density at radius 1 is 1.30 bits per heavy atom. The summed E-state index contributed by atoms with van der Waals surface area (Å²) in [5.41, 5.74) is 12.9. The minimum Gasteiger partial charge on any atom is -0.425 e. The Balaban J connectivity index is 3.07. The molecule has 0 unspecified atom stereocenters. The van der Waals surface area contributed by atoms with Gasteiger partial charge in [-0.2, -0.15) is 0 Å². The van der Waals surface area contributed by atoms with Gasteiger partial charge in [-0.05, 0) is 36.1 Å². The number of rotatable bonds is 5. The van der Waals surface area contributed by atoms with E-state index in [4.69, 9.17) is 22.6 Å². The number of hydrogen-bond donors (Lipinski definition) is 2. The Hall–Kier alpha value is -2.48. The first-order chi connectivity index (χ1) is 9.51. The lowest BCUT2D eigenvalue weighted by atomic mass is 10.0. The van der Waals surface area contributed by atoms with Gasteiger partial charge in [0, 0.05) is 5.56 Å². The fourth-order valence-electron chi connectivity index (χ4n) is 1.80. The molecule has 5 nitrogen and oxygen atoms in total. The van der Waals surface area contributed by atoms with Crippen LogP contribution in [0.2, 0.25) is 0 Å². The molecule has 0 fully saturated rings. The second-order valence-electron chi connectivity index (χ2n) is 4.19. The second kappa shape index (κ2) is 7.19. The molecule has 0 aliphatic rings. The molecule has 5 heteroatoms. The number of benzene rings is 1. The molecule has 1 rings (SSSR count). The predicted molar refractivity (Wildman–Crippen MR) is 79.4 cm³/mol. The third-order valence-electron chi connectivity index (χ3n) is 2.78. The van der Waals surface area contributed by atoms with E-state index >= 15 is 0 Å². The molecule has 106 valence electrons. The van der Waals surface area contributed by atoms with Gasteiger partial charge in [-0.3, -0.25) is 0 Å². The summed E-state index contributed by atoms with van der Waals surface area (Å²) < 4.78 is 5.38. The molecule has 0 spiro atoms. The van der Waals surface area contributed by atoms with Crippen LogP contribution in [0.3, 0.4) is 0 Å². The van der Waals surface area contributed by atoms with Gasteiger partial charge in [-0.1, -0.05) is 19.8 Å². The number of carbonyl (C=O) groups excluding carboxylic acids is 1. The van der Waals surface area contributed by atoms with Gasteiger partial charge in [0.05, 0.1) is 0 Å². The number of aliphatic imine (C=N–C) groups is 1. The summed E-state index contributed by atoms with van der Waals surface area (Å²) >= 11 is 0. The molecular weight excluding hydrogens is 254 g/mol. The summed E-state index contributed by atoms with van der Waals surface area (Å²) in [6.45, 7) is 3.75. The Morgan fingerprint density at radius 2 is 1.85 bits per heavy atom. The summed E-state index contributed by atoms with van der Waals surface area (Å²) in [6.07, 6.45) is 6.86. The second-order valence-corrected chi connectivity index (χ2v) is 4.19. The monoisotopic (exact) mass is 273 g/mol. The maximum absolute atomic E-state index is 11.7. The van der Waals surface area contributed by atoms with E-state index in [0.29, 0.717) is 18.6 Å². The summed E-state index contributed by atoms with van der Waals surface area (Å²) in [4.78, 5) is 15.4. The van der Waals surface area contributed by atoms with Crippen molar-refractivity contribution in [3.05, 3.63) is 28.8 Å². The summed E-state index contributed by atoms with van der Waals surface area (Å²) in [5, 5.41) is 0. The van der Waals surface area contributed by atoms with Crippen molar-refractivity contribution in [2.45, 2.75) is 26.7 Å². The number of hydrogen-bond acceptors (Lipinski definition) is 3. The molecular formula is C15H19N3O2.